The van der Waals surface area contributed by atoms with E-state index in [1.807, 2.05) is 30.0 Å². The number of aromatic nitrogens is 1. The summed E-state index contributed by atoms with van der Waals surface area (Å²) < 4.78 is 13.3. The molecule has 1 aromatic carbocycles. The van der Waals surface area contributed by atoms with Crippen molar-refractivity contribution in [2.24, 2.45) is 5.73 Å². The Bertz CT molecular complexity index is 528. The number of halogens is 1. The zero-order valence-electron chi connectivity index (χ0n) is 10.3. The van der Waals surface area contributed by atoms with Crippen molar-refractivity contribution in [1.29, 1.82) is 0 Å². The minimum absolute atomic E-state index is 0.237. The maximum absolute atomic E-state index is 13.3. The third-order valence-electron chi connectivity index (χ3n) is 2.76. The number of nitrogens with two attached hydrogens (primary N) is 1. The van der Waals surface area contributed by atoms with Crippen molar-refractivity contribution in [1.82, 2.24) is 4.98 Å². The summed E-state index contributed by atoms with van der Waals surface area (Å²) >= 11 is 0. The Morgan fingerprint density at radius 2 is 2.00 bits per heavy atom. The van der Waals surface area contributed by atoms with Gasteiger partial charge in [0.15, 0.2) is 0 Å². The van der Waals surface area contributed by atoms with Crippen LogP contribution < -0.4 is 10.6 Å². The largest absolute Gasteiger partial charge is 0.342 e. The fourth-order valence-corrected chi connectivity index (χ4v) is 1.90. The summed E-state index contributed by atoms with van der Waals surface area (Å²) in [6, 6.07) is 10.4. The molecule has 0 amide bonds. The molecule has 0 aliphatic carbocycles. The number of benzene rings is 1. The van der Waals surface area contributed by atoms with Gasteiger partial charge in [-0.15, -0.1) is 0 Å². The van der Waals surface area contributed by atoms with Gasteiger partial charge in [0.1, 0.15) is 5.82 Å². The van der Waals surface area contributed by atoms with Crippen LogP contribution in [-0.2, 0) is 6.54 Å². The van der Waals surface area contributed by atoms with E-state index < -0.39 is 0 Å². The molecule has 1 heterocycles. The Labute approximate surface area is 106 Å². The molecule has 0 saturated carbocycles. The van der Waals surface area contributed by atoms with Crippen molar-refractivity contribution >= 4 is 11.4 Å². The first-order valence-corrected chi connectivity index (χ1v) is 5.92. The van der Waals surface area contributed by atoms with Crippen LogP contribution in [0.1, 0.15) is 12.6 Å². The highest BCUT2D eigenvalue weighted by Crippen LogP contribution is 2.25. The predicted octanol–water partition coefficient (Wildman–Crippen LogP) is 2.84. The summed E-state index contributed by atoms with van der Waals surface area (Å²) in [5.41, 5.74) is 8.20. The van der Waals surface area contributed by atoms with Crippen LogP contribution in [0.2, 0.25) is 0 Å². The van der Waals surface area contributed by atoms with Gasteiger partial charge in [-0.2, -0.15) is 0 Å². The van der Waals surface area contributed by atoms with Crippen LogP contribution >= 0.6 is 0 Å². The monoisotopic (exact) mass is 245 g/mol. The van der Waals surface area contributed by atoms with Gasteiger partial charge in [-0.05, 0) is 37.3 Å². The van der Waals surface area contributed by atoms with E-state index in [-0.39, 0.29) is 5.82 Å². The third-order valence-corrected chi connectivity index (χ3v) is 2.76. The smallest absolute Gasteiger partial charge is 0.125 e. The molecule has 0 unspecified atom stereocenters. The first kappa shape index (κ1) is 12.5. The van der Waals surface area contributed by atoms with Gasteiger partial charge in [-0.3, -0.25) is 4.98 Å². The second-order valence-corrected chi connectivity index (χ2v) is 3.93. The summed E-state index contributed by atoms with van der Waals surface area (Å²) in [5.74, 6) is -0.237. The Morgan fingerprint density at radius 3 is 2.67 bits per heavy atom. The maximum Gasteiger partial charge on any atom is 0.125 e. The van der Waals surface area contributed by atoms with Gasteiger partial charge in [0.25, 0.3) is 0 Å². The van der Waals surface area contributed by atoms with E-state index in [1.54, 1.807) is 12.3 Å². The van der Waals surface area contributed by atoms with E-state index in [0.29, 0.717) is 6.54 Å². The van der Waals surface area contributed by atoms with Crippen molar-refractivity contribution in [3.05, 3.63) is 54.1 Å². The first-order chi connectivity index (χ1) is 8.74. The lowest BCUT2D eigenvalue weighted by molar-refractivity contribution is 0.627. The summed E-state index contributed by atoms with van der Waals surface area (Å²) in [6.45, 7) is 3.17. The van der Waals surface area contributed by atoms with Crippen molar-refractivity contribution in [2.75, 3.05) is 11.4 Å². The van der Waals surface area contributed by atoms with Crippen LogP contribution in [-0.4, -0.2) is 11.5 Å². The van der Waals surface area contributed by atoms with Gasteiger partial charge in [0.05, 0.1) is 5.69 Å². The molecule has 0 spiro atoms. The van der Waals surface area contributed by atoms with Gasteiger partial charge in [0.2, 0.25) is 0 Å². The van der Waals surface area contributed by atoms with E-state index >= 15 is 0 Å². The van der Waals surface area contributed by atoms with Crippen molar-refractivity contribution in [2.45, 2.75) is 13.5 Å². The minimum atomic E-state index is -0.237. The minimum Gasteiger partial charge on any atom is -0.342 e. The standard InChI is InChI=1S/C14H16FN3/c1-2-18(13-5-3-4-11(15)8-13)14-6-7-17-12(9-14)10-16/h3-9H,2,10,16H2,1H3. The molecule has 0 bridgehead atoms. The lowest BCUT2D eigenvalue weighted by Gasteiger charge is -2.23. The first-order valence-electron chi connectivity index (χ1n) is 5.92. The molecule has 0 radical (unpaired) electrons. The normalized spacial score (nSPS) is 10.4. The molecule has 0 aliphatic heterocycles. The van der Waals surface area contributed by atoms with Crippen LogP contribution in [0.25, 0.3) is 0 Å². The highest BCUT2D eigenvalue weighted by atomic mass is 19.1. The Balaban J connectivity index is 2.38. The molecule has 0 fully saturated rings. The van der Waals surface area contributed by atoms with Crippen LogP contribution in [0.4, 0.5) is 15.8 Å². The number of nitrogens with zero attached hydrogens (tertiary/aromatic N) is 2. The average molecular weight is 245 g/mol. The van der Waals surface area contributed by atoms with Gasteiger partial charge in [-0.1, -0.05) is 6.07 Å². The highest BCUT2D eigenvalue weighted by Gasteiger charge is 2.08. The molecule has 0 aliphatic rings. The topological polar surface area (TPSA) is 42.2 Å². The Kier molecular flexibility index (Phi) is 3.89. The zero-order chi connectivity index (χ0) is 13.0. The molecule has 2 aromatic rings. The molecule has 3 nitrogen and oxygen atoms in total. The SMILES string of the molecule is CCN(c1cccc(F)c1)c1ccnc(CN)c1. The predicted molar refractivity (Wildman–Crippen MR) is 71.2 cm³/mol. The lowest BCUT2D eigenvalue weighted by atomic mass is 10.2. The lowest BCUT2D eigenvalue weighted by Crippen LogP contribution is -2.16. The van der Waals surface area contributed by atoms with Crippen LogP contribution in [0.3, 0.4) is 0 Å². The second-order valence-electron chi connectivity index (χ2n) is 3.93. The number of hydrogen-bond donors (Lipinski definition) is 1. The fraction of sp³-hybridized carbons (Fsp3) is 0.214. The van der Waals surface area contributed by atoms with E-state index in [1.165, 1.54) is 12.1 Å². The molecule has 2 N–H and O–H groups in total. The van der Waals surface area contributed by atoms with Crippen LogP contribution in [0, 0.1) is 5.82 Å². The third kappa shape index (κ3) is 2.65. The van der Waals surface area contributed by atoms with Crippen molar-refractivity contribution in [3.63, 3.8) is 0 Å². The van der Waals surface area contributed by atoms with Crippen LogP contribution in [0.5, 0.6) is 0 Å². The number of pyridine rings is 1. The molecule has 94 valence electrons. The summed E-state index contributed by atoms with van der Waals surface area (Å²) in [5, 5.41) is 0. The molecular weight excluding hydrogens is 229 g/mol. The molecule has 1 aromatic heterocycles. The zero-order valence-corrected chi connectivity index (χ0v) is 10.3. The van der Waals surface area contributed by atoms with E-state index in [2.05, 4.69) is 4.98 Å². The molecule has 2 rings (SSSR count). The Morgan fingerprint density at radius 1 is 1.22 bits per heavy atom. The van der Waals surface area contributed by atoms with Crippen molar-refractivity contribution < 1.29 is 4.39 Å². The number of hydrogen-bond acceptors (Lipinski definition) is 3. The van der Waals surface area contributed by atoms with E-state index in [4.69, 9.17) is 5.73 Å². The second kappa shape index (κ2) is 5.60. The fourth-order valence-electron chi connectivity index (χ4n) is 1.90. The number of rotatable bonds is 4. The van der Waals surface area contributed by atoms with E-state index in [0.717, 1.165) is 23.6 Å². The molecular formula is C14H16FN3. The Hall–Kier alpha value is -1.94. The molecule has 0 atom stereocenters. The number of anilines is 2. The van der Waals surface area contributed by atoms with Crippen molar-refractivity contribution in [3.8, 4) is 0 Å². The summed E-state index contributed by atoms with van der Waals surface area (Å²) in [4.78, 5) is 6.18. The average Bonchev–Trinajstić information content (AvgIpc) is 2.40. The van der Waals surface area contributed by atoms with E-state index in [9.17, 15) is 4.39 Å². The highest BCUT2D eigenvalue weighted by molar-refractivity contribution is 5.63. The quantitative estimate of drug-likeness (QED) is 0.900. The van der Waals surface area contributed by atoms with Gasteiger partial charge in [0, 0.05) is 30.7 Å². The molecule has 4 heteroatoms. The summed E-state index contributed by atoms with van der Waals surface area (Å²) in [7, 11) is 0. The van der Waals surface area contributed by atoms with Crippen LogP contribution in [0.15, 0.2) is 42.6 Å². The summed E-state index contributed by atoms with van der Waals surface area (Å²) in [6.07, 6.45) is 1.72. The van der Waals surface area contributed by atoms with Gasteiger partial charge < -0.3 is 10.6 Å². The van der Waals surface area contributed by atoms with Gasteiger partial charge >= 0.3 is 0 Å². The molecule has 0 saturated heterocycles. The maximum atomic E-state index is 13.3. The van der Waals surface area contributed by atoms with Gasteiger partial charge in [-0.25, -0.2) is 4.39 Å². The molecule has 18 heavy (non-hydrogen) atoms.